The van der Waals surface area contributed by atoms with Crippen LogP contribution in [0.1, 0.15) is 0 Å². The molecule has 0 spiro atoms. The van der Waals surface area contributed by atoms with Crippen LogP contribution in [-0.4, -0.2) is 19.9 Å². The molecule has 0 bridgehead atoms. The molecule has 0 fully saturated rings. The van der Waals surface area contributed by atoms with E-state index in [0.29, 0.717) is 26.5 Å². The fourth-order valence-corrected chi connectivity index (χ4v) is 15.2. The van der Waals surface area contributed by atoms with E-state index in [-0.39, 0.29) is 35.5 Å². The summed E-state index contributed by atoms with van der Waals surface area (Å²) in [6, 6.07) is 68.9. The van der Waals surface area contributed by atoms with Gasteiger partial charge in [-0.15, -0.1) is 0 Å². The number of H-pyrrole nitrogens is 1. The summed E-state index contributed by atoms with van der Waals surface area (Å²) in [5, 5.41) is 17.7. The Morgan fingerprint density at radius 1 is 0.386 bits per heavy atom. The van der Waals surface area contributed by atoms with Gasteiger partial charge in [-0.1, -0.05) is 182 Å². The van der Waals surface area contributed by atoms with E-state index in [4.69, 9.17) is 0 Å². The molecule has 6 aromatic carbocycles. The summed E-state index contributed by atoms with van der Waals surface area (Å²) in [6.07, 6.45) is 9.06. The summed E-state index contributed by atoms with van der Waals surface area (Å²) in [4.78, 5) is 26.2. The van der Waals surface area contributed by atoms with Crippen molar-refractivity contribution in [3.05, 3.63) is 284 Å². The number of rotatable bonds is 9. The van der Waals surface area contributed by atoms with Crippen LogP contribution in [0.4, 0.5) is 4.39 Å². The van der Waals surface area contributed by atoms with Crippen LogP contribution in [0.25, 0.3) is 0 Å². The number of nitrogens with one attached hydrogen (secondary N) is 1. The molecule has 0 aliphatic rings. The minimum Gasteiger partial charge on any atom is -0.858 e. The first kappa shape index (κ1) is 52.1. The molecule has 0 radical (unpaired) electrons. The van der Waals surface area contributed by atoms with Gasteiger partial charge in [-0.3, -0.25) is 19.7 Å². The fourth-order valence-electron chi connectivity index (χ4n) is 7.29. The predicted molar refractivity (Wildman–Crippen MR) is 277 cm³/mol. The fraction of sp³-hybridized carbons (Fsp3) is 0. The Kier molecular flexibility index (Phi) is 18.9. The Labute approximate surface area is 418 Å². The Balaban J connectivity index is 0.000000160. The Hall–Kier alpha value is -7.26. The van der Waals surface area contributed by atoms with E-state index in [2.05, 4.69) is 19.9 Å². The van der Waals surface area contributed by atoms with Crippen molar-refractivity contribution in [3.8, 4) is 5.88 Å². The largest absolute Gasteiger partial charge is 1.00 e. The number of hydrogen-bond donors (Lipinski definition) is 1. The molecule has 4 aromatic heterocycles. The zero-order valence-corrected chi connectivity index (χ0v) is 40.7. The van der Waals surface area contributed by atoms with Gasteiger partial charge in [0, 0.05) is 73.4 Å². The molecule has 0 amide bonds. The van der Waals surface area contributed by atoms with Crippen LogP contribution in [0.3, 0.4) is 0 Å². The molecule has 0 aliphatic heterocycles. The maximum absolute atomic E-state index is 13.8. The van der Waals surface area contributed by atoms with Crippen molar-refractivity contribution in [2.75, 3.05) is 0 Å². The van der Waals surface area contributed by atoms with Gasteiger partial charge in [0.05, 0.1) is 11.5 Å². The van der Waals surface area contributed by atoms with Crippen LogP contribution in [0.15, 0.2) is 272 Å². The first-order chi connectivity index (χ1) is 33.7. The maximum atomic E-state index is 13.8. The SMILES string of the molecule is Fc1cccnc1.O=P(c1ccccc1)(c1ccccc1)c1cccnc1.O=P(c1ccccc1)(c1ccccc1)c1cccnc1[O-].O=c1[nH]cccc1P(=O)(c1ccccc1)c1ccccc1.[Li+]. The average Bonchev–Trinajstić information content (AvgIpc) is 3.43. The van der Waals surface area contributed by atoms with Gasteiger partial charge < -0.3 is 23.8 Å². The van der Waals surface area contributed by atoms with Crippen LogP contribution in [0.5, 0.6) is 5.88 Å². The van der Waals surface area contributed by atoms with Gasteiger partial charge in [0.1, 0.15) is 5.82 Å². The van der Waals surface area contributed by atoms with Crippen molar-refractivity contribution in [1.29, 1.82) is 0 Å². The van der Waals surface area contributed by atoms with Crippen LogP contribution < -0.4 is 77.3 Å². The minimum absolute atomic E-state index is 0. The van der Waals surface area contributed by atoms with E-state index in [1.54, 1.807) is 97.5 Å². The van der Waals surface area contributed by atoms with E-state index in [9.17, 15) is 28.0 Å². The third-order valence-electron chi connectivity index (χ3n) is 10.6. The predicted octanol–water partition coefficient (Wildman–Crippen LogP) is 4.75. The number of aromatic nitrogens is 4. The Bertz CT molecular complexity index is 3160. The third kappa shape index (κ3) is 12.3. The maximum Gasteiger partial charge on any atom is 1.00 e. The molecule has 0 aliphatic carbocycles. The van der Waals surface area contributed by atoms with Crippen molar-refractivity contribution in [2.24, 2.45) is 0 Å². The molecular formula is C56H45FLiN4O5P3. The zero-order chi connectivity index (χ0) is 48.4. The zero-order valence-electron chi connectivity index (χ0n) is 38.0. The van der Waals surface area contributed by atoms with Crippen molar-refractivity contribution < 1.29 is 42.1 Å². The summed E-state index contributed by atoms with van der Waals surface area (Å²) in [6.45, 7) is 0. The number of hydrogen-bond acceptors (Lipinski definition) is 8. The molecule has 1 N–H and O–H groups in total. The monoisotopic (exact) mass is 972 g/mol. The standard InChI is InChI=1S/2C17H14NO2P.C17H14NOP.C5H4FN.Li/c2*19-17-16(12-7-13-18-17)21(20,14-8-3-1-4-9-14)15-10-5-2-6-11-15;19-20(15-8-3-1-4-9-15,16-10-5-2-6-11-16)17-12-7-13-18-14-17;6-5-2-1-3-7-4-5;/h2*1-13H,(H,18,19);1-14H;1-4H;/q;;;;+1/p-1. The topological polar surface area (TPSA) is 146 Å². The smallest absolute Gasteiger partial charge is 0.858 e. The van der Waals surface area contributed by atoms with Gasteiger partial charge in [-0.05, 0) is 54.4 Å². The van der Waals surface area contributed by atoms with E-state index in [0.717, 1.165) is 15.9 Å². The molecule has 10 aromatic rings. The molecule has 14 heteroatoms. The van der Waals surface area contributed by atoms with E-state index in [1.165, 1.54) is 24.7 Å². The van der Waals surface area contributed by atoms with Crippen molar-refractivity contribution in [2.45, 2.75) is 0 Å². The molecule has 10 rings (SSSR count). The minimum atomic E-state index is -3.19. The van der Waals surface area contributed by atoms with Crippen LogP contribution in [0, 0.1) is 5.82 Å². The molecule has 0 saturated carbocycles. The van der Waals surface area contributed by atoms with Gasteiger partial charge in [-0.25, -0.2) is 4.39 Å². The molecule has 342 valence electrons. The first-order valence-electron chi connectivity index (χ1n) is 21.6. The van der Waals surface area contributed by atoms with E-state index in [1.807, 2.05) is 146 Å². The second-order valence-corrected chi connectivity index (χ2v) is 23.2. The number of pyridine rings is 4. The molecule has 9 nitrogen and oxygen atoms in total. The number of nitrogens with zero attached hydrogens (tertiary/aromatic N) is 3. The molecule has 0 unspecified atom stereocenters. The molecule has 4 heterocycles. The second-order valence-electron chi connectivity index (χ2n) is 14.9. The number of halogens is 1. The average molecular weight is 973 g/mol. The van der Waals surface area contributed by atoms with Crippen molar-refractivity contribution in [3.63, 3.8) is 0 Å². The Morgan fingerprint density at radius 3 is 1.06 bits per heavy atom. The van der Waals surface area contributed by atoms with E-state index < -0.39 is 27.3 Å². The molecule has 0 atom stereocenters. The molecule has 0 saturated heterocycles. The van der Waals surface area contributed by atoms with Crippen LogP contribution in [-0.2, 0) is 13.7 Å². The van der Waals surface area contributed by atoms with Crippen molar-refractivity contribution in [1.82, 2.24) is 19.9 Å². The summed E-state index contributed by atoms with van der Waals surface area (Å²) in [5.41, 5.74) is -0.312. The normalized spacial score (nSPS) is 10.8. The van der Waals surface area contributed by atoms with Crippen LogP contribution in [0.2, 0.25) is 0 Å². The Morgan fingerprint density at radius 2 is 0.729 bits per heavy atom. The van der Waals surface area contributed by atoms with Crippen molar-refractivity contribution >= 4 is 69.2 Å². The molecule has 70 heavy (non-hydrogen) atoms. The number of benzene rings is 6. The third-order valence-corrected chi connectivity index (χ3v) is 19.8. The summed E-state index contributed by atoms with van der Waals surface area (Å²) in [5.74, 6) is -0.726. The summed E-state index contributed by atoms with van der Waals surface area (Å²) >= 11 is 0. The summed E-state index contributed by atoms with van der Waals surface area (Å²) < 4.78 is 53.2. The quantitative estimate of drug-likeness (QED) is 0.161. The van der Waals surface area contributed by atoms with Gasteiger partial charge in [0.2, 0.25) is 0 Å². The molecular weight excluding hydrogens is 927 g/mol. The van der Waals surface area contributed by atoms with Gasteiger partial charge in [0.25, 0.3) is 5.56 Å². The van der Waals surface area contributed by atoms with E-state index >= 15 is 0 Å². The first-order valence-corrected chi connectivity index (χ1v) is 26.7. The van der Waals surface area contributed by atoms with Gasteiger partial charge in [0.15, 0.2) is 21.4 Å². The van der Waals surface area contributed by atoms with Gasteiger partial charge >= 0.3 is 18.9 Å². The van der Waals surface area contributed by atoms with Gasteiger partial charge in [-0.2, -0.15) is 0 Å². The second kappa shape index (κ2) is 25.4. The number of aromatic amines is 1. The van der Waals surface area contributed by atoms with Crippen LogP contribution >= 0.6 is 21.4 Å². The summed E-state index contributed by atoms with van der Waals surface area (Å²) in [7, 11) is -9.19.